The normalized spacial score (nSPS) is 12.6. The number of rotatable bonds is 7. The minimum atomic E-state index is -3.79. The molecule has 0 aliphatic heterocycles. The van der Waals surface area contributed by atoms with Crippen LogP contribution in [0.15, 0.2) is 59.0 Å². The molecule has 0 spiro atoms. The summed E-state index contributed by atoms with van der Waals surface area (Å²) in [6, 6.07) is 14.0. The number of hydrogen-bond donors (Lipinski definition) is 1. The van der Waals surface area contributed by atoms with E-state index in [1.54, 1.807) is 19.1 Å². The maximum Gasteiger partial charge on any atom is 0.269 e. The van der Waals surface area contributed by atoms with Gasteiger partial charge in [0.25, 0.3) is 5.69 Å². The molecule has 1 heterocycles. The Bertz CT molecular complexity index is 1100. The van der Waals surface area contributed by atoms with E-state index >= 15 is 0 Å². The molecule has 0 saturated heterocycles. The maximum atomic E-state index is 12.3. The summed E-state index contributed by atoms with van der Waals surface area (Å²) in [5.41, 5.74) is 0.736. The number of nitro groups is 1. The Morgan fingerprint density at radius 3 is 2.64 bits per heavy atom. The lowest BCUT2D eigenvalue weighted by Gasteiger charge is -2.11. The number of carbonyl (C=O) groups is 1. The number of benzene rings is 2. The minimum absolute atomic E-state index is 0.198. The predicted molar refractivity (Wildman–Crippen MR) is 103 cm³/mol. The highest BCUT2D eigenvalue weighted by atomic mass is 32.2. The number of amides is 1. The smallest absolute Gasteiger partial charge is 0.269 e. The summed E-state index contributed by atoms with van der Waals surface area (Å²) in [5.74, 6) is -1.33. The topological polar surface area (TPSA) is 120 Å². The Kier molecular flexibility index (Phi) is 5.46. The third kappa shape index (κ3) is 4.74. The van der Waals surface area contributed by atoms with Gasteiger partial charge in [-0.15, -0.1) is 0 Å². The molecule has 0 aliphatic rings. The third-order valence-corrected chi connectivity index (χ3v) is 5.58. The molecule has 1 aromatic heterocycles. The van der Waals surface area contributed by atoms with Gasteiger partial charge < -0.3 is 9.73 Å². The molecule has 28 heavy (non-hydrogen) atoms. The molecule has 1 amide bonds. The second kappa shape index (κ2) is 7.81. The maximum absolute atomic E-state index is 12.3. The van der Waals surface area contributed by atoms with E-state index in [1.165, 1.54) is 24.3 Å². The van der Waals surface area contributed by atoms with Crippen molar-refractivity contribution in [1.82, 2.24) is 5.32 Å². The molecule has 8 nitrogen and oxygen atoms in total. The van der Waals surface area contributed by atoms with Crippen LogP contribution in [0.4, 0.5) is 5.69 Å². The molecule has 0 radical (unpaired) electrons. The molecule has 0 fully saturated rings. The van der Waals surface area contributed by atoms with Gasteiger partial charge in [-0.2, -0.15) is 0 Å². The van der Waals surface area contributed by atoms with Crippen LogP contribution >= 0.6 is 0 Å². The van der Waals surface area contributed by atoms with Crippen molar-refractivity contribution in [2.24, 2.45) is 0 Å². The van der Waals surface area contributed by atoms with E-state index in [0.717, 1.165) is 5.39 Å². The zero-order valence-corrected chi connectivity index (χ0v) is 15.8. The van der Waals surface area contributed by atoms with E-state index in [4.69, 9.17) is 4.42 Å². The zero-order chi connectivity index (χ0) is 20.3. The number of carbonyl (C=O) groups excluding carboxylic acids is 1. The first-order valence-electron chi connectivity index (χ1n) is 8.45. The van der Waals surface area contributed by atoms with E-state index < -0.39 is 38.2 Å². The highest BCUT2D eigenvalue weighted by Crippen LogP contribution is 2.23. The van der Waals surface area contributed by atoms with E-state index in [2.05, 4.69) is 5.32 Å². The molecular weight excluding hydrogens is 384 g/mol. The second-order valence-electron chi connectivity index (χ2n) is 6.44. The number of nitrogens with one attached hydrogen (secondary N) is 1. The van der Waals surface area contributed by atoms with Gasteiger partial charge in [0.1, 0.15) is 17.1 Å². The summed E-state index contributed by atoms with van der Waals surface area (Å²) in [4.78, 5) is 22.4. The van der Waals surface area contributed by atoms with Crippen molar-refractivity contribution in [3.63, 3.8) is 0 Å². The molecule has 2 aromatic carbocycles. The number of nitro benzene ring substituents is 1. The molecule has 1 unspecified atom stereocenters. The van der Waals surface area contributed by atoms with Gasteiger partial charge in [0, 0.05) is 17.5 Å². The summed E-state index contributed by atoms with van der Waals surface area (Å²) in [6.07, 6.45) is 0. The van der Waals surface area contributed by atoms with Crippen LogP contribution in [-0.2, 0) is 20.4 Å². The average molecular weight is 402 g/mol. The van der Waals surface area contributed by atoms with Gasteiger partial charge >= 0.3 is 0 Å². The van der Waals surface area contributed by atoms with Crippen molar-refractivity contribution in [1.29, 1.82) is 0 Å². The molecule has 1 atom stereocenters. The highest BCUT2D eigenvalue weighted by molar-refractivity contribution is 7.91. The first kappa shape index (κ1) is 19.6. The Labute approximate surface area is 161 Å². The van der Waals surface area contributed by atoms with Crippen LogP contribution < -0.4 is 5.32 Å². The van der Waals surface area contributed by atoms with E-state index in [0.29, 0.717) is 11.3 Å². The Morgan fingerprint density at radius 1 is 1.18 bits per heavy atom. The number of para-hydroxylation sites is 1. The molecule has 3 rings (SSSR count). The van der Waals surface area contributed by atoms with Crippen molar-refractivity contribution in [3.8, 4) is 0 Å². The number of nitrogens with zero attached hydrogens (tertiary/aromatic N) is 1. The fourth-order valence-electron chi connectivity index (χ4n) is 2.83. The molecule has 9 heteroatoms. The SMILES string of the molecule is CC(NC(=O)CS(=O)(=O)Cc1cccc([N+](=O)[O-])c1)c1cc2ccccc2o1. The lowest BCUT2D eigenvalue weighted by atomic mass is 10.2. The summed E-state index contributed by atoms with van der Waals surface area (Å²) >= 11 is 0. The Morgan fingerprint density at radius 2 is 1.93 bits per heavy atom. The van der Waals surface area contributed by atoms with E-state index in [-0.39, 0.29) is 11.3 Å². The zero-order valence-electron chi connectivity index (χ0n) is 15.0. The number of furan rings is 1. The van der Waals surface area contributed by atoms with Crippen LogP contribution in [0.5, 0.6) is 0 Å². The van der Waals surface area contributed by atoms with Gasteiger partial charge in [0.05, 0.1) is 16.7 Å². The largest absolute Gasteiger partial charge is 0.459 e. The van der Waals surface area contributed by atoms with Gasteiger partial charge in [-0.3, -0.25) is 14.9 Å². The Hall–Kier alpha value is -3.20. The van der Waals surface area contributed by atoms with Crippen molar-refractivity contribution in [2.45, 2.75) is 18.7 Å². The van der Waals surface area contributed by atoms with Crippen LogP contribution in [-0.4, -0.2) is 25.0 Å². The van der Waals surface area contributed by atoms with Crippen LogP contribution in [0.2, 0.25) is 0 Å². The first-order chi connectivity index (χ1) is 13.2. The van der Waals surface area contributed by atoms with Gasteiger partial charge in [-0.25, -0.2) is 8.42 Å². The van der Waals surface area contributed by atoms with E-state index in [9.17, 15) is 23.3 Å². The molecule has 3 aromatic rings. The van der Waals surface area contributed by atoms with Gasteiger partial charge in [0.2, 0.25) is 5.91 Å². The van der Waals surface area contributed by atoms with Crippen LogP contribution in [0.1, 0.15) is 24.3 Å². The summed E-state index contributed by atoms with van der Waals surface area (Å²) in [6.45, 7) is 1.70. The van der Waals surface area contributed by atoms with Crippen molar-refractivity contribution in [2.75, 3.05) is 5.75 Å². The lowest BCUT2D eigenvalue weighted by molar-refractivity contribution is -0.384. The fourth-order valence-corrected chi connectivity index (χ4v) is 4.11. The monoisotopic (exact) mass is 402 g/mol. The standard InChI is InChI=1S/C19H18N2O6S/c1-13(18-10-15-6-2-3-8-17(15)27-18)20-19(22)12-28(25,26)11-14-5-4-7-16(9-14)21(23)24/h2-10,13H,11-12H2,1H3,(H,20,22). The number of non-ortho nitro benzene ring substituents is 1. The summed E-state index contributed by atoms with van der Waals surface area (Å²) < 4.78 is 30.3. The molecule has 1 N–H and O–H groups in total. The van der Waals surface area contributed by atoms with Gasteiger partial charge in [-0.05, 0) is 24.6 Å². The van der Waals surface area contributed by atoms with Crippen LogP contribution in [0, 0.1) is 10.1 Å². The van der Waals surface area contributed by atoms with Crippen molar-refractivity contribution < 1.29 is 22.6 Å². The first-order valence-corrected chi connectivity index (χ1v) is 10.3. The van der Waals surface area contributed by atoms with Crippen LogP contribution in [0.25, 0.3) is 11.0 Å². The number of fused-ring (bicyclic) bond motifs is 1. The average Bonchev–Trinajstić information content (AvgIpc) is 3.05. The fraction of sp³-hybridized carbons (Fsp3) is 0.211. The van der Waals surface area contributed by atoms with Crippen molar-refractivity contribution >= 4 is 32.4 Å². The quantitative estimate of drug-likeness (QED) is 0.479. The molecule has 146 valence electrons. The Balaban J connectivity index is 1.64. The molecular formula is C19H18N2O6S. The summed E-state index contributed by atoms with van der Waals surface area (Å²) in [7, 11) is -3.79. The van der Waals surface area contributed by atoms with Gasteiger partial charge in [0.15, 0.2) is 9.84 Å². The molecule has 0 aliphatic carbocycles. The van der Waals surface area contributed by atoms with Gasteiger partial charge in [-0.1, -0.05) is 30.3 Å². The second-order valence-corrected chi connectivity index (χ2v) is 8.50. The van der Waals surface area contributed by atoms with Crippen LogP contribution in [0.3, 0.4) is 0 Å². The number of hydrogen-bond acceptors (Lipinski definition) is 6. The highest BCUT2D eigenvalue weighted by Gasteiger charge is 2.21. The summed E-state index contributed by atoms with van der Waals surface area (Å²) in [5, 5.41) is 14.3. The minimum Gasteiger partial charge on any atom is -0.459 e. The molecule has 0 saturated carbocycles. The predicted octanol–water partition coefficient (Wildman–Crippen LogP) is 3.13. The third-order valence-electron chi connectivity index (χ3n) is 4.11. The number of sulfone groups is 1. The lowest BCUT2D eigenvalue weighted by Crippen LogP contribution is -2.32. The van der Waals surface area contributed by atoms with Crippen molar-refractivity contribution in [3.05, 3.63) is 76.0 Å². The van der Waals surface area contributed by atoms with E-state index in [1.807, 2.05) is 18.2 Å². The molecule has 0 bridgehead atoms.